The molecule has 0 radical (unpaired) electrons. The van der Waals surface area contributed by atoms with E-state index in [1.807, 2.05) is 101 Å². The molecule has 7 heteroatoms. The molecule has 0 N–H and O–H groups in total. The van der Waals surface area contributed by atoms with Crippen LogP contribution in [-0.2, 0) is 9.47 Å². The number of esters is 1. The Morgan fingerprint density at radius 3 is 2.45 bits per heavy atom. The number of fused-ring (bicyclic) bond motifs is 2. The van der Waals surface area contributed by atoms with Crippen molar-refractivity contribution in [3.05, 3.63) is 119 Å². The molecule has 1 heterocycles. The van der Waals surface area contributed by atoms with Crippen molar-refractivity contribution in [2.24, 2.45) is 0 Å². The SMILES string of the molecule is COC(=O)c1cc(C2=C[C@H](CN(C(=O)OC(C)(C)C)[C@H](C)c3cccc4ccccc34)Oc3ccccc32)ccc1F. The Kier molecular flexibility index (Phi) is 8.03. The standard InChI is InChI=1S/C35H34FNO5/c1-22(26-15-10-12-23-11-6-7-13-27(23)26)37(34(39)42-35(2,3)4)21-25-20-29(28-14-8-9-16-32(28)41-25)24-17-18-31(36)30(19-24)33(38)40-5/h6-20,22,25H,21H2,1-5H3/t22-,25-/m1/s1. The summed E-state index contributed by atoms with van der Waals surface area (Å²) in [7, 11) is 1.22. The van der Waals surface area contributed by atoms with Gasteiger partial charge in [-0.25, -0.2) is 14.0 Å². The van der Waals surface area contributed by atoms with Crippen molar-refractivity contribution in [3.8, 4) is 5.75 Å². The minimum Gasteiger partial charge on any atom is -0.484 e. The van der Waals surface area contributed by atoms with E-state index >= 15 is 0 Å². The van der Waals surface area contributed by atoms with Crippen molar-refractivity contribution in [2.75, 3.05) is 13.7 Å². The average Bonchev–Trinajstić information content (AvgIpc) is 2.97. The molecule has 0 bridgehead atoms. The molecule has 0 aromatic heterocycles. The number of halogens is 1. The highest BCUT2D eigenvalue weighted by atomic mass is 19.1. The van der Waals surface area contributed by atoms with Crippen molar-refractivity contribution in [3.63, 3.8) is 0 Å². The lowest BCUT2D eigenvalue weighted by molar-refractivity contribution is 0.0110. The molecule has 1 aliphatic rings. The fourth-order valence-electron chi connectivity index (χ4n) is 5.25. The lowest BCUT2D eigenvalue weighted by Crippen LogP contribution is -2.44. The molecule has 0 unspecified atom stereocenters. The lowest BCUT2D eigenvalue weighted by atomic mass is 9.92. The molecular formula is C35H34FNO5. The van der Waals surface area contributed by atoms with Crippen molar-refractivity contribution < 1.29 is 28.2 Å². The fraction of sp³-hybridized carbons (Fsp3) is 0.257. The quantitative estimate of drug-likeness (QED) is 0.221. The Labute approximate surface area is 245 Å². The summed E-state index contributed by atoms with van der Waals surface area (Å²) in [5, 5.41) is 2.13. The third-order valence-electron chi connectivity index (χ3n) is 7.24. The van der Waals surface area contributed by atoms with Gasteiger partial charge in [-0.3, -0.25) is 4.90 Å². The first-order valence-corrected chi connectivity index (χ1v) is 13.9. The van der Waals surface area contributed by atoms with Gasteiger partial charge in [-0.05, 0) is 79.4 Å². The van der Waals surface area contributed by atoms with Crippen LogP contribution in [0.2, 0.25) is 0 Å². The zero-order valence-corrected chi connectivity index (χ0v) is 24.4. The summed E-state index contributed by atoms with van der Waals surface area (Å²) in [6, 6.07) is 25.7. The molecular weight excluding hydrogens is 533 g/mol. The van der Waals surface area contributed by atoms with E-state index in [0.29, 0.717) is 11.3 Å². The number of para-hydroxylation sites is 1. The number of nitrogens with zero attached hydrogens (tertiary/aromatic N) is 1. The molecule has 5 rings (SSSR count). The van der Waals surface area contributed by atoms with E-state index in [2.05, 4.69) is 0 Å². The summed E-state index contributed by atoms with van der Waals surface area (Å²) in [4.78, 5) is 27.6. The van der Waals surface area contributed by atoms with Gasteiger partial charge in [0.25, 0.3) is 0 Å². The number of rotatable bonds is 6. The van der Waals surface area contributed by atoms with Gasteiger partial charge in [-0.15, -0.1) is 0 Å². The summed E-state index contributed by atoms with van der Waals surface area (Å²) in [6.45, 7) is 7.68. The van der Waals surface area contributed by atoms with Crippen LogP contribution in [0.1, 0.15) is 60.8 Å². The largest absolute Gasteiger partial charge is 0.484 e. The van der Waals surface area contributed by atoms with E-state index in [9.17, 15) is 14.0 Å². The summed E-state index contributed by atoms with van der Waals surface area (Å²) in [5.41, 5.74) is 2.31. The van der Waals surface area contributed by atoms with E-state index < -0.39 is 29.6 Å². The first-order chi connectivity index (χ1) is 20.1. The van der Waals surface area contributed by atoms with Gasteiger partial charge >= 0.3 is 12.1 Å². The van der Waals surface area contributed by atoms with Gasteiger partial charge in [0.1, 0.15) is 23.3 Å². The maximum atomic E-state index is 14.5. The number of hydrogen-bond donors (Lipinski definition) is 0. The van der Waals surface area contributed by atoms with E-state index in [1.165, 1.54) is 19.2 Å². The highest BCUT2D eigenvalue weighted by molar-refractivity contribution is 5.93. The molecule has 1 amide bonds. The van der Waals surface area contributed by atoms with Crippen molar-refractivity contribution in [1.82, 2.24) is 4.90 Å². The van der Waals surface area contributed by atoms with Crippen LogP contribution in [0.5, 0.6) is 5.75 Å². The predicted octanol–water partition coefficient (Wildman–Crippen LogP) is 7.96. The van der Waals surface area contributed by atoms with Gasteiger partial charge in [-0.2, -0.15) is 0 Å². The second-order valence-corrected chi connectivity index (χ2v) is 11.3. The molecule has 6 nitrogen and oxygen atoms in total. The van der Waals surface area contributed by atoms with Crippen LogP contribution in [0.25, 0.3) is 16.3 Å². The third-order valence-corrected chi connectivity index (χ3v) is 7.24. The monoisotopic (exact) mass is 567 g/mol. The molecule has 0 saturated carbocycles. The van der Waals surface area contributed by atoms with E-state index in [1.54, 1.807) is 11.0 Å². The van der Waals surface area contributed by atoms with Crippen LogP contribution in [0.3, 0.4) is 0 Å². The zero-order valence-electron chi connectivity index (χ0n) is 24.4. The number of amides is 1. The third kappa shape index (κ3) is 6.00. The molecule has 0 fully saturated rings. The second-order valence-electron chi connectivity index (χ2n) is 11.3. The van der Waals surface area contributed by atoms with Crippen LogP contribution in [0.4, 0.5) is 9.18 Å². The summed E-state index contributed by atoms with van der Waals surface area (Å²) < 4.78 is 31.5. The molecule has 0 saturated heterocycles. The maximum Gasteiger partial charge on any atom is 0.410 e. The molecule has 216 valence electrons. The normalized spacial score (nSPS) is 15.2. The van der Waals surface area contributed by atoms with E-state index in [4.69, 9.17) is 14.2 Å². The van der Waals surface area contributed by atoms with Crippen LogP contribution < -0.4 is 4.74 Å². The first-order valence-electron chi connectivity index (χ1n) is 13.9. The van der Waals surface area contributed by atoms with E-state index in [0.717, 1.165) is 27.5 Å². The molecule has 4 aromatic carbocycles. The van der Waals surface area contributed by atoms with E-state index in [-0.39, 0.29) is 18.2 Å². The van der Waals surface area contributed by atoms with Gasteiger partial charge in [-0.1, -0.05) is 66.7 Å². The molecule has 1 aliphatic heterocycles. The molecule has 42 heavy (non-hydrogen) atoms. The maximum absolute atomic E-state index is 14.5. The smallest absolute Gasteiger partial charge is 0.410 e. The number of methoxy groups -OCH3 is 1. The molecule has 2 atom stereocenters. The summed E-state index contributed by atoms with van der Waals surface area (Å²) >= 11 is 0. The number of benzene rings is 4. The zero-order chi connectivity index (χ0) is 30.0. The van der Waals surface area contributed by atoms with Crippen LogP contribution in [-0.4, -0.2) is 42.3 Å². The fourth-order valence-corrected chi connectivity index (χ4v) is 5.25. The topological polar surface area (TPSA) is 65.1 Å². The van der Waals surface area contributed by atoms with Gasteiger partial charge in [0.2, 0.25) is 0 Å². The summed E-state index contributed by atoms with van der Waals surface area (Å²) in [6.07, 6.45) is 0.880. The Morgan fingerprint density at radius 2 is 1.69 bits per heavy atom. The molecule has 4 aromatic rings. The Morgan fingerprint density at radius 1 is 0.976 bits per heavy atom. The Hall–Kier alpha value is -4.65. The van der Waals surface area contributed by atoms with Gasteiger partial charge in [0, 0.05) is 5.56 Å². The minimum absolute atomic E-state index is 0.156. The van der Waals surface area contributed by atoms with Gasteiger partial charge < -0.3 is 14.2 Å². The lowest BCUT2D eigenvalue weighted by Gasteiger charge is -2.35. The van der Waals surface area contributed by atoms with Crippen molar-refractivity contribution >= 4 is 28.4 Å². The average molecular weight is 568 g/mol. The second kappa shape index (κ2) is 11.7. The van der Waals surface area contributed by atoms with Gasteiger partial charge in [0.05, 0.1) is 25.3 Å². The highest BCUT2D eigenvalue weighted by Gasteiger charge is 2.32. The minimum atomic E-state index is -0.758. The number of ether oxygens (including phenoxy) is 3. The predicted molar refractivity (Wildman–Crippen MR) is 161 cm³/mol. The first kappa shape index (κ1) is 28.9. The van der Waals surface area contributed by atoms with Crippen molar-refractivity contribution in [2.45, 2.75) is 45.4 Å². The van der Waals surface area contributed by atoms with Crippen molar-refractivity contribution in [1.29, 1.82) is 0 Å². The summed E-state index contributed by atoms with van der Waals surface area (Å²) in [5.74, 6) is -0.805. The van der Waals surface area contributed by atoms with Crippen LogP contribution >= 0.6 is 0 Å². The van der Waals surface area contributed by atoms with Crippen LogP contribution in [0, 0.1) is 5.82 Å². The number of carbonyl (C=O) groups is 2. The number of carbonyl (C=O) groups excluding carboxylic acids is 2. The van der Waals surface area contributed by atoms with Gasteiger partial charge in [0.15, 0.2) is 0 Å². The Balaban J connectivity index is 1.56. The molecule has 0 spiro atoms. The number of hydrogen-bond acceptors (Lipinski definition) is 5. The van der Waals surface area contributed by atoms with Crippen LogP contribution in [0.15, 0.2) is 91.0 Å². The highest BCUT2D eigenvalue weighted by Crippen LogP contribution is 2.38. The molecule has 0 aliphatic carbocycles. The Bertz CT molecular complexity index is 1670.